The van der Waals surface area contributed by atoms with Gasteiger partial charge in [-0.15, -0.1) is 0 Å². The van der Waals surface area contributed by atoms with Gasteiger partial charge in [-0.3, -0.25) is 0 Å². The van der Waals surface area contributed by atoms with Gasteiger partial charge in [0.2, 0.25) is 0 Å². The lowest BCUT2D eigenvalue weighted by Gasteiger charge is -2.31. The number of rotatable bonds is 2. The summed E-state index contributed by atoms with van der Waals surface area (Å²) < 4.78 is 31.8. The van der Waals surface area contributed by atoms with E-state index < -0.39 is 21.7 Å². The fourth-order valence-electron chi connectivity index (χ4n) is 4.02. The van der Waals surface area contributed by atoms with E-state index in [1.165, 1.54) is 7.11 Å². The minimum Gasteiger partial charge on any atom is -0.466 e. The molecule has 4 rings (SSSR count). The van der Waals surface area contributed by atoms with E-state index in [-0.39, 0.29) is 10.7 Å². The summed E-state index contributed by atoms with van der Waals surface area (Å²) >= 11 is 0. The maximum Gasteiger partial charge on any atom is 0.336 e. The zero-order valence-electron chi connectivity index (χ0n) is 15.7. The van der Waals surface area contributed by atoms with Crippen molar-refractivity contribution >= 4 is 21.5 Å². The molecule has 5 nitrogen and oxygen atoms in total. The molecule has 0 radical (unpaired) electrons. The molecule has 1 N–H and O–H groups in total. The first kappa shape index (κ1) is 18.5. The monoisotopic (exact) mass is 395 g/mol. The molecule has 6 heteroatoms. The zero-order chi connectivity index (χ0) is 19.9. The standard InChI is InChI=1S/C22H21NO4S/c1-14-18(22(24)27-2)19(16-9-4-3-5-10-16)21-20(23-14)17-11-7-6-8-15(17)12-13-28(21,25)26/h3-11,19,23H,12-13H2,1-2H3. The molecule has 0 aromatic heterocycles. The molecule has 0 bridgehead atoms. The van der Waals surface area contributed by atoms with Gasteiger partial charge in [0.15, 0.2) is 9.84 Å². The Morgan fingerprint density at radius 2 is 1.75 bits per heavy atom. The van der Waals surface area contributed by atoms with E-state index in [0.717, 1.165) is 16.7 Å². The van der Waals surface area contributed by atoms with Crippen molar-refractivity contribution in [2.75, 3.05) is 12.9 Å². The molecule has 0 aliphatic carbocycles. The number of hydrogen-bond donors (Lipinski definition) is 1. The van der Waals surface area contributed by atoms with Crippen LogP contribution < -0.4 is 5.32 Å². The number of hydrogen-bond acceptors (Lipinski definition) is 5. The first-order chi connectivity index (χ1) is 13.4. The van der Waals surface area contributed by atoms with Gasteiger partial charge in [-0.1, -0.05) is 54.6 Å². The van der Waals surface area contributed by atoms with Crippen LogP contribution >= 0.6 is 0 Å². The van der Waals surface area contributed by atoms with Gasteiger partial charge in [0.25, 0.3) is 0 Å². The number of sulfone groups is 1. The van der Waals surface area contributed by atoms with E-state index in [0.29, 0.717) is 23.4 Å². The van der Waals surface area contributed by atoms with E-state index in [1.807, 2.05) is 54.6 Å². The fraction of sp³-hybridized carbons (Fsp3) is 0.227. The Kier molecular flexibility index (Phi) is 4.59. The van der Waals surface area contributed by atoms with Crippen molar-refractivity contribution in [3.05, 3.63) is 87.5 Å². The Morgan fingerprint density at radius 1 is 1.07 bits per heavy atom. The number of ether oxygens (including phenoxy) is 1. The van der Waals surface area contributed by atoms with Crippen LogP contribution in [-0.4, -0.2) is 27.2 Å². The molecule has 0 amide bonds. The second-order valence-corrected chi connectivity index (χ2v) is 9.04. The van der Waals surface area contributed by atoms with Gasteiger partial charge in [-0.05, 0) is 24.5 Å². The highest BCUT2D eigenvalue weighted by Crippen LogP contribution is 2.45. The van der Waals surface area contributed by atoms with Crippen molar-refractivity contribution < 1.29 is 17.9 Å². The fourth-order valence-corrected chi connectivity index (χ4v) is 5.82. The number of methoxy groups -OCH3 is 1. The van der Waals surface area contributed by atoms with Crippen molar-refractivity contribution in [2.24, 2.45) is 0 Å². The number of benzene rings is 2. The molecule has 2 aromatic rings. The van der Waals surface area contributed by atoms with Crippen LogP contribution in [0.25, 0.3) is 5.70 Å². The first-order valence-corrected chi connectivity index (χ1v) is 10.8. The van der Waals surface area contributed by atoms with Crippen molar-refractivity contribution in [2.45, 2.75) is 19.3 Å². The Morgan fingerprint density at radius 3 is 2.46 bits per heavy atom. The second kappa shape index (κ2) is 6.95. The van der Waals surface area contributed by atoms with Crippen molar-refractivity contribution in [1.29, 1.82) is 0 Å². The van der Waals surface area contributed by atoms with Gasteiger partial charge in [-0.25, -0.2) is 13.2 Å². The molecule has 2 aromatic carbocycles. The van der Waals surface area contributed by atoms with Crippen LogP contribution in [0.15, 0.2) is 70.8 Å². The summed E-state index contributed by atoms with van der Waals surface area (Å²) in [5.41, 5.74) is 4.08. The predicted molar refractivity (Wildman–Crippen MR) is 108 cm³/mol. The van der Waals surface area contributed by atoms with Crippen LogP contribution in [0, 0.1) is 0 Å². The molecule has 2 aliphatic heterocycles. The van der Waals surface area contributed by atoms with Crippen LogP contribution in [0.5, 0.6) is 0 Å². The number of aryl methyl sites for hydroxylation is 1. The van der Waals surface area contributed by atoms with E-state index in [2.05, 4.69) is 5.32 Å². The largest absolute Gasteiger partial charge is 0.466 e. The van der Waals surface area contributed by atoms with Crippen LogP contribution in [0.3, 0.4) is 0 Å². The van der Waals surface area contributed by atoms with Crippen molar-refractivity contribution in [3.63, 3.8) is 0 Å². The van der Waals surface area contributed by atoms with Gasteiger partial charge >= 0.3 is 5.97 Å². The number of carbonyl (C=O) groups is 1. The Hall–Kier alpha value is -2.86. The van der Waals surface area contributed by atoms with Crippen LogP contribution in [0.4, 0.5) is 0 Å². The molecule has 0 saturated heterocycles. The Bertz CT molecular complexity index is 1110. The molecule has 2 aliphatic rings. The normalized spacial score (nSPS) is 20.6. The average Bonchev–Trinajstić information content (AvgIpc) is 2.82. The first-order valence-electron chi connectivity index (χ1n) is 9.10. The third-order valence-electron chi connectivity index (χ3n) is 5.31. The summed E-state index contributed by atoms with van der Waals surface area (Å²) in [5, 5.41) is 3.21. The third-order valence-corrected chi connectivity index (χ3v) is 7.17. The molecule has 28 heavy (non-hydrogen) atoms. The molecule has 0 spiro atoms. The summed E-state index contributed by atoms with van der Waals surface area (Å²) in [6, 6.07) is 17.0. The Labute approximate surface area is 164 Å². The van der Waals surface area contributed by atoms with Crippen LogP contribution in [0.1, 0.15) is 29.5 Å². The number of carbonyl (C=O) groups excluding carboxylic acids is 1. The molecular weight excluding hydrogens is 374 g/mol. The lowest BCUT2D eigenvalue weighted by atomic mass is 9.84. The minimum absolute atomic E-state index is 0.00135. The molecular formula is C22H21NO4S. The van der Waals surface area contributed by atoms with Crippen molar-refractivity contribution in [1.82, 2.24) is 5.32 Å². The highest BCUT2D eigenvalue weighted by Gasteiger charge is 2.42. The molecule has 0 fully saturated rings. The molecule has 1 atom stereocenters. The average molecular weight is 395 g/mol. The third kappa shape index (κ3) is 2.94. The van der Waals surface area contributed by atoms with E-state index in [4.69, 9.17) is 4.74 Å². The SMILES string of the molecule is COC(=O)C1=C(C)NC2=C(C1c1ccccc1)S(=O)(=O)CCc1ccccc12. The van der Waals surface area contributed by atoms with Gasteiger partial charge < -0.3 is 10.1 Å². The summed E-state index contributed by atoms with van der Waals surface area (Å²) in [6.45, 7) is 1.78. The number of allylic oxidation sites excluding steroid dienone is 2. The van der Waals surface area contributed by atoms with Crippen LogP contribution in [0.2, 0.25) is 0 Å². The van der Waals surface area contributed by atoms with E-state index in [1.54, 1.807) is 6.92 Å². The summed E-state index contributed by atoms with van der Waals surface area (Å²) in [7, 11) is -2.30. The summed E-state index contributed by atoms with van der Waals surface area (Å²) in [6.07, 6.45) is 0.432. The van der Waals surface area contributed by atoms with Gasteiger partial charge in [0.1, 0.15) is 0 Å². The van der Waals surface area contributed by atoms with E-state index in [9.17, 15) is 13.2 Å². The van der Waals surface area contributed by atoms with Gasteiger partial charge in [0, 0.05) is 11.3 Å². The quantitative estimate of drug-likeness (QED) is 0.791. The van der Waals surface area contributed by atoms with E-state index >= 15 is 0 Å². The van der Waals surface area contributed by atoms with Gasteiger partial charge in [-0.2, -0.15) is 0 Å². The maximum atomic E-state index is 13.4. The smallest absolute Gasteiger partial charge is 0.336 e. The number of dihydropyridines is 1. The highest BCUT2D eigenvalue weighted by molar-refractivity contribution is 7.95. The highest BCUT2D eigenvalue weighted by atomic mass is 32.2. The number of esters is 1. The number of nitrogens with one attached hydrogen (secondary N) is 1. The van der Waals surface area contributed by atoms with Crippen molar-refractivity contribution in [3.8, 4) is 0 Å². The zero-order valence-corrected chi connectivity index (χ0v) is 16.5. The molecule has 144 valence electrons. The lowest BCUT2D eigenvalue weighted by Crippen LogP contribution is -2.31. The topological polar surface area (TPSA) is 72.5 Å². The number of fused-ring (bicyclic) bond motifs is 2. The predicted octanol–water partition coefficient (Wildman–Crippen LogP) is 3.16. The molecule has 1 unspecified atom stereocenters. The summed E-state index contributed by atoms with van der Waals surface area (Å²) in [4.78, 5) is 12.9. The Balaban J connectivity index is 2.06. The van der Waals surface area contributed by atoms with Crippen LogP contribution in [-0.2, 0) is 25.8 Å². The summed E-state index contributed by atoms with van der Waals surface area (Å²) in [5.74, 6) is -1.24. The lowest BCUT2D eigenvalue weighted by molar-refractivity contribution is -0.136. The maximum absolute atomic E-state index is 13.4. The molecule has 2 heterocycles. The molecule has 0 saturated carbocycles. The van der Waals surface area contributed by atoms with Gasteiger partial charge in [0.05, 0.1) is 35.0 Å². The minimum atomic E-state index is -3.61. The second-order valence-electron chi connectivity index (χ2n) is 6.96.